The van der Waals surface area contributed by atoms with E-state index in [2.05, 4.69) is 10.6 Å². The summed E-state index contributed by atoms with van der Waals surface area (Å²) in [4.78, 5) is 12.3. The van der Waals surface area contributed by atoms with Gasteiger partial charge in [0.05, 0.1) is 12.1 Å². The fraction of sp³-hybridized carbons (Fsp3) is 0.562. The molecule has 2 heterocycles. The van der Waals surface area contributed by atoms with Crippen molar-refractivity contribution in [2.24, 2.45) is 0 Å². The van der Waals surface area contributed by atoms with Crippen LogP contribution in [0.15, 0.2) is 24.3 Å². The van der Waals surface area contributed by atoms with Gasteiger partial charge in [-0.05, 0) is 31.5 Å². The van der Waals surface area contributed by atoms with Crippen LogP contribution in [0.2, 0.25) is 0 Å². The minimum atomic E-state index is -0.615. The molecule has 0 aliphatic carbocycles. The smallest absolute Gasteiger partial charge is 0.264 e. The van der Waals surface area contributed by atoms with Gasteiger partial charge < -0.3 is 24.8 Å². The molecule has 6 heteroatoms. The number of carbonyl (C=O) groups excluding carboxylic acids is 1. The van der Waals surface area contributed by atoms with Crippen LogP contribution in [0.5, 0.6) is 11.5 Å². The van der Waals surface area contributed by atoms with E-state index in [0.717, 1.165) is 19.4 Å². The Kier molecular flexibility index (Phi) is 4.49. The van der Waals surface area contributed by atoms with Crippen LogP contribution in [0.25, 0.3) is 0 Å². The van der Waals surface area contributed by atoms with Gasteiger partial charge in [0, 0.05) is 13.7 Å². The minimum absolute atomic E-state index is 0.154. The van der Waals surface area contributed by atoms with Gasteiger partial charge in [0.25, 0.3) is 5.91 Å². The summed E-state index contributed by atoms with van der Waals surface area (Å²) in [5.74, 6) is 1.14. The van der Waals surface area contributed by atoms with Crippen molar-refractivity contribution in [3.05, 3.63) is 24.3 Å². The van der Waals surface area contributed by atoms with Crippen molar-refractivity contribution in [1.82, 2.24) is 10.6 Å². The van der Waals surface area contributed by atoms with E-state index in [1.807, 2.05) is 18.2 Å². The normalized spacial score (nSPS) is 26.7. The summed E-state index contributed by atoms with van der Waals surface area (Å²) in [6.45, 7) is 2.29. The molecule has 6 nitrogen and oxygen atoms in total. The first-order chi connectivity index (χ1) is 10.7. The lowest BCUT2D eigenvalue weighted by molar-refractivity contribution is -0.130. The zero-order valence-corrected chi connectivity index (χ0v) is 12.8. The molecule has 1 aromatic carbocycles. The van der Waals surface area contributed by atoms with Gasteiger partial charge >= 0.3 is 0 Å². The maximum Gasteiger partial charge on any atom is 0.264 e. The van der Waals surface area contributed by atoms with Gasteiger partial charge in [0.2, 0.25) is 6.10 Å². The lowest BCUT2D eigenvalue weighted by Gasteiger charge is -2.31. The molecule has 2 aliphatic heterocycles. The van der Waals surface area contributed by atoms with Crippen molar-refractivity contribution in [2.45, 2.75) is 24.5 Å². The van der Waals surface area contributed by atoms with Gasteiger partial charge in [-0.1, -0.05) is 12.1 Å². The molecule has 1 amide bonds. The van der Waals surface area contributed by atoms with Gasteiger partial charge in [-0.3, -0.25) is 4.79 Å². The predicted octanol–water partition coefficient (Wildman–Crippen LogP) is 0.711. The van der Waals surface area contributed by atoms with Crippen LogP contribution in [0, 0.1) is 0 Å². The van der Waals surface area contributed by atoms with Crippen LogP contribution in [-0.2, 0) is 9.53 Å². The van der Waals surface area contributed by atoms with Crippen LogP contribution in [0.1, 0.15) is 12.8 Å². The summed E-state index contributed by atoms with van der Waals surface area (Å²) in [6.07, 6.45) is 1.47. The van der Waals surface area contributed by atoms with Gasteiger partial charge in [0.1, 0.15) is 6.61 Å². The monoisotopic (exact) mass is 306 g/mol. The first-order valence-corrected chi connectivity index (χ1v) is 7.63. The number of nitrogens with one attached hydrogen (secondary N) is 2. The number of rotatable bonds is 5. The Morgan fingerprint density at radius 2 is 2.27 bits per heavy atom. The van der Waals surface area contributed by atoms with E-state index in [1.165, 1.54) is 0 Å². The fourth-order valence-corrected chi connectivity index (χ4v) is 2.99. The molecule has 2 unspecified atom stereocenters. The zero-order valence-electron chi connectivity index (χ0n) is 12.8. The minimum Gasteiger partial charge on any atom is -0.485 e. The molecule has 0 bridgehead atoms. The Labute approximate surface area is 130 Å². The van der Waals surface area contributed by atoms with E-state index >= 15 is 0 Å². The summed E-state index contributed by atoms with van der Waals surface area (Å²) in [5, 5.41) is 6.40. The Bertz CT molecular complexity index is 529. The van der Waals surface area contributed by atoms with E-state index in [4.69, 9.17) is 14.2 Å². The first kappa shape index (κ1) is 15.1. The molecule has 0 radical (unpaired) electrons. The molecule has 22 heavy (non-hydrogen) atoms. The van der Waals surface area contributed by atoms with Crippen molar-refractivity contribution in [1.29, 1.82) is 0 Å². The molecule has 1 saturated heterocycles. The number of ether oxygens (including phenoxy) is 3. The van der Waals surface area contributed by atoms with E-state index in [0.29, 0.717) is 24.7 Å². The second kappa shape index (κ2) is 6.54. The second-order valence-corrected chi connectivity index (χ2v) is 5.83. The average Bonchev–Trinajstić information content (AvgIpc) is 3.01. The Morgan fingerprint density at radius 3 is 3.00 bits per heavy atom. The Balaban J connectivity index is 1.56. The lowest BCUT2D eigenvalue weighted by Crippen LogP contribution is -2.55. The molecule has 1 aromatic rings. The quantitative estimate of drug-likeness (QED) is 0.838. The van der Waals surface area contributed by atoms with Crippen LogP contribution in [0.3, 0.4) is 0 Å². The van der Waals surface area contributed by atoms with Crippen molar-refractivity contribution in [2.75, 3.05) is 33.4 Å². The predicted molar refractivity (Wildman–Crippen MR) is 81.2 cm³/mol. The third-order valence-corrected chi connectivity index (χ3v) is 4.15. The highest BCUT2D eigenvalue weighted by Crippen LogP contribution is 2.30. The topological polar surface area (TPSA) is 68.8 Å². The van der Waals surface area contributed by atoms with Crippen molar-refractivity contribution >= 4 is 5.91 Å². The van der Waals surface area contributed by atoms with Crippen molar-refractivity contribution in [3.63, 3.8) is 0 Å². The van der Waals surface area contributed by atoms with Gasteiger partial charge in [-0.15, -0.1) is 0 Å². The summed E-state index contributed by atoms with van der Waals surface area (Å²) in [7, 11) is 1.68. The summed E-state index contributed by atoms with van der Waals surface area (Å²) < 4.78 is 16.6. The van der Waals surface area contributed by atoms with Gasteiger partial charge in [-0.2, -0.15) is 0 Å². The average molecular weight is 306 g/mol. The highest BCUT2D eigenvalue weighted by atomic mass is 16.6. The molecule has 2 aliphatic rings. The van der Waals surface area contributed by atoms with E-state index < -0.39 is 6.10 Å². The molecule has 120 valence electrons. The molecule has 3 rings (SSSR count). The zero-order chi connectivity index (χ0) is 15.4. The Morgan fingerprint density at radius 1 is 1.45 bits per heavy atom. The molecular weight excluding hydrogens is 284 g/mol. The third kappa shape index (κ3) is 3.18. The SMILES string of the molecule is COCC1(CNC(=O)C2COc3ccccc3O2)CCCN1. The fourth-order valence-electron chi connectivity index (χ4n) is 2.99. The molecule has 0 aromatic heterocycles. The summed E-state index contributed by atoms with van der Waals surface area (Å²) >= 11 is 0. The third-order valence-electron chi connectivity index (χ3n) is 4.15. The first-order valence-electron chi connectivity index (χ1n) is 7.63. The van der Waals surface area contributed by atoms with E-state index in [9.17, 15) is 4.79 Å². The standard InChI is InChI=1S/C16H22N2O4/c1-20-11-16(7-4-8-18-16)10-17-15(19)14-9-21-12-5-2-3-6-13(12)22-14/h2-3,5-6,14,18H,4,7-11H2,1H3,(H,17,19). The molecule has 2 N–H and O–H groups in total. The van der Waals surface area contributed by atoms with Gasteiger partial charge in [0.15, 0.2) is 11.5 Å². The molecule has 2 atom stereocenters. The summed E-state index contributed by atoms with van der Waals surface area (Å²) in [6, 6.07) is 7.38. The molecule has 0 saturated carbocycles. The van der Waals surface area contributed by atoms with E-state index in [1.54, 1.807) is 13.2 Å². The number of hydrogen-bond acceptors (Lipinski definition) is 5. The highest BCUT2D eigenvalue weighted by molar-refractivity contribution is 5.81. The largest absolute Gasteiger partial charge is 0.485 e. The van der Waals surface area contributed by atoms with Crippen LogP contribution >= 0.6 is 0 Å². The van der Waals surface area contributed by atoms with Gasteiger partial charge in [-0.25, -0.2) is 0 Å². The summed E-state index contributed by atoms with van der Waals surface area (Å²) in [5.41, 5.74) is -0.169. The maximum absolute atomic E-state index is 12.3. The number of amides is 1. The Hall–Kier alpha value is -1.79. The molecule has 0 spiro atoms. The van der Waals surface area contributed by atoms with E-state index in [-0.39, 0.29) is 18.1 Å². The highest BCUT2D eigenvalue weighted by Gasteiger charge is 2.35. The molecule has 1 fully saturated rings. The number of hydrogen-bond donors (Lipinski definition) is 2. The van der Waals surface area contributed by atoms with Crippen LogP contribution in [-0.4, -0.2) is 51.0 Å². The van der Waals surface area contributed by atoms with Crippen LogP contribution in [0.4, 0.5) is 0 Å². The number of benzene rings is 1. The van der Waals surface area contributed by atoms with Crippen molar-refractivity contribution < 1.29 is 19.0 Å². The molecular formula is C16H22N2O4. The van der Waals surface area contributed by atoms with Crippen molar-refractivity contribution in [3.8, 4) is 11.5 Å². The maximum atomic E-state index is 12.3. The number of methoxy groups -OCH3 is 1. The number of para-hydroxylation sites is 2. The lowest BCUT2D eigenvalue weighted by atomic mass is 9.98. The second-order valence-electron chi connectivity index (χ2n) is 5.83. The number of carbonyl (C=O) groups is 1. The van der Waals surface area contributed by atoms with Crippen LogP contribution < -0.4 is 20.1 Å². The number of fused-ring (bicyclic) bond motifs is 1.